The molecule has 3 aromatic rings. The first-order valence-corrected chi connectivity index (χ1v) is 8.70. The van der Waals surface area contributed by atoms with E-state index in [1.807, 2.05) is 0 Å². The van der Waals surface area contributed by atoms with Gasteiger partial charge in [0.1, 0.15) is 0 Å². The Morgan fingerprint density at radius 2 is 1.22 bits per heavy atom. The van der Waals surface area contributed by atoms with Crippen molar-refractivity contribution >= 4 is 10.8 Å². The molecule has 0 bridgehead atoms. The maximum atomic E-state index is 2.36. The third-order valence-corrected chi connectivity index (χ3v) is 5.31. The normalized spacial score (nSPS) is 12.5. The van der Waals surface area contributed by atoms with E-state index in [9.17, 15) is 0 Å². The molecule has 0 amide bonds. The predicted molar refractivity (Wildman–Crippen MR) is 101 cm³/mol. The highest BCUT2D eigenvalue weighted by molar-refractivity contribution is 6.17. The van der Waals surface area contributed by atoms with Crippen LogP contribution in [0.4, 0.5) is 0 Å². The lowest BCUT2D eigenvalue weighted by molar-refractivity contribution is 0.850. The quantitative estimate of drug-likeness (QED) is 0.372. The maximum Gasteiger partial charge on any atom is -0.00235 e. The number of fused-ring (bicyclic) bond motifs is 3. The number of benzene rings is 3. The van der Waals surface area contributed by atoms with Crippen LogP contribution in [0, 0.1) is 6.92 Å². The minimum absolute atomic E-state index is 0.538. The Hall–Kier alpha value is -2.08. The molecule has 0 aliphatic heterocycles. The third-order valence-electron chi connectivity index (χ3n) is 5.31. The molecular formula is C23H24. The summed E-state index contributed by atoms with van der Waals surface area (Å²) >= 11 is 0. The monoisotopic (exact) mass is 300 g/mol. The van der Waals surface area contributed by atoms with E-state index in [0.29, 0.717) is 11.8 Å². The smallest absolute Gasteiger partial charge is 0.00235 e. The molecule has 23 heavy (non-hydrogen) atoms. The molecule has 0 fully saturated rings. The van der Waals surface area contributed by atoms with E-state index >= 15 is 0 Å². The van der Waals surface area contributed by atoms with Crippen molar-refractivity contribution in [1.82, 2.24) is 0 Å². The van der Waals surface area contributed by atoms with E-state index in [-0.39, 0.29) is 0 Å². The van der Waals surface area contributed by atoms with Crippen molar-refractivity contribution in [3.63, 3.8) is 0 Å². The maximum absolute atomic E-state index is 2.36. The standard InChI is InChI=1S/C23H24/c1-13(2)16-11-12-17(14(3)4)23-20-10-9-15(5)18-7-6-8-19(21(18)20)22(16)23/h6-14H,1-5H3. The Kier molecular flexibility index (Phi) is 3.13. The van der Waals surface area contributed by atoms with Crippen LogP contribution in [0.25, 0.3) is 33.0 Å². The van der Waals surface area contributed by atoms with Crippen LogP contribution in [0.5, 0.6) is 0 Å². The second-order valence-electron chi connectivity index (χ2n) is 7.46. The summed E-state index contributed by atoms with van der Waals surface area (Å²) in [5, 5.41) is 2.86. The molecule has 0 radical (unpaired) electrons. The Balaban J connectivity index is 2.22. The van der Waals surface area contributed by atoms with Gasteiger partial charge in [0.05, 0.1) is 0 Å². The topological polar surface area (TPSA) is 0 Å². The summed E-state index contributed by atoms with van der Waals surface area (Å²) in [7, 11) is 0. The summed E-state index contributed by atoms with van der Waals surface area (Å²) < 4.78 is 0. The van der Waals surface area contributed by atoms with Gasteiger partial charge in [-0.1, -0.05) is 70.2 Å². The van der Waals surface area contributed by atoms with Crippen LogP contribution in [0.2, 0.25) is 0 Å². The molecule has 0 N–H and O–H groups in total. The highest BCUT2D eigenvalue weighted by atomic mass is 14.3. The van der Waals surface area contributed by atoms with Gasteiger partial charge in [-0.25, -0.2) is 0 Å². The molecule has 0 heterocycles. The van der Waals surface area contributed by atoms with Crippen LogP contribution in [0.15, 0.2) is 42.5 Å². The second-order valence-corrected chi connectivity index (χ2v) is 7.46. The van der Waals surface area contributed by atoms with Crippen molar-refractivity contribution in [2.24, 2.45) is 0 Å². The molecule has 0 nitrogen and oxygen atoms in total. The molecular weight excluding hydrogens is 276 g/mol. The molecule has 4 rings (SSSR count). The summed E-state index contributed by atoms with van der Waals surface area (Å²) in [4.78, 5) is 0. The third kappa shape index (κ3) is 1.91. The van der Waals surface area contributed by atoms with Gasteiger partial charge in [-0.3, -0.25) is 0 Å². The molecule has 0 unspecified atom stereocenters. The molecule has 0 spiro atoms. The lowest BCUT2D eigenvalue weighted by atomic mass is 9.85. The van der Waals surface area contributed by atoms with Crippen LogP contribution in [-0.2, 0) is 0 Å². The zero-order chi connectivity index (χ0) is 16.3. The first-order valence-electron chi connectivity index (χ1n) is 8.70. The number of rotatable bonds is 2. The minimum atomic E-state index is 0.538. The average Bonchev–Trinajstić information content (AvgIpc) is 2.86. The van der Waals surface area contributed by atoms with Crippen LogP contribution in [-0.4, -0.2) is 0 Å². The van der Waals surface area contributed by atoms with Crippen molar-refractivity contribution in [2.75, 3.05) is 0 Å². The van der Waals surface area contributed by atoms with Crippen molar-refractivity contribution < 1.29 is 0 Å². The SMILES string of the molecule is Cc1ccc2c3c(cccc13)-c1c(C(C)C)ccc(C(C)C)c1-2. The minimum Gasteiger partial charge on any atom is -0.0610 e. The fourth-order valence-electron chi connectivity index (χ4n) is 4.15. The van der Waals surface area contributed by atoms with Crippen molar-refractivity contribution in [2.45, 2.75) is 46.5 Å². The van der Waals surface area contributed by atoms with Crippen LogP contribution in [0.1, 0.15) is 56.2 Å². The van der Waals surface area contributed by atoms with Gasteiger partial charge < -0.3 is 0 Å². The zero-order valence-electron chi connectivity index (χ0n) is 14.7. The molecule has 0 aromatic heterocycles. The molecule has 0 heteroatoms. The van der Waals surface area contributed by atoms with Crippen LogP contribution >= 0.6 is 0 Å². The molecule has 1 aliphatic carbocycles. The average molecular weight is 300 g/mol. The Morgan fingerprint density at radius 3 is 1.78 bits per heavy atom. The highest BCUT2D eigenvalue weighted by Gasteiger charge is 2.28. The van der Waals surface area contributed by atoms with E-state index in [1.165, 1.54) is 49.7 Å². The number of hydrogen-bond acceptors (Lipinski definition) is 0. The van der Waals surface area contributed by atoms with Gasteiger partial charge in [-0.2, -0.15) is 0 Å². The highest BCUT2D eigenvalue weighted by Crippen LogP contribution is 2.52. The van der Waals surface area contributed by atoms with E-state index in [2.05, 4.69) is 77.1 Å². The lowest BCUT2D eigenvalue weighted by Gasteiger charge is -2.19. The summed E-state index contributed by atoms with van der Waals surface area (Å²) in [5.41, 5.74) is 10.2. The van der Waals surface area contributed by atoms with Gasteiger partial charge in [0.15, 0.2) is 0 Å². The van der Waals surface area contributed by atoms with Gasteiger partial charge in [-0.05, 0) is 68.5 Å². The Bertz CT molecular complexity index is 885. The van der Waals surface area contributed by atoms with E-state index in [0.717, 1.165) is 0 Å². The Labute approximate surface area is 139 Å². The first-order chi connectivity index (χ1) is 11.0. The first kappa shape index (κ1) is 14.5. The van der Waals surface area contributed by atoms with Crippen molar-refractivity contribution in [3.8, 4) is 22.3 Å². The van der Waals surface area contributed by atoms with Crippen molar-refractivity contribution in [1.29, 1.82) is 0 Å². The van der Waals surface area contributed by atoms with Gasteiger partial charge in [0.25, 0.3) is 0 Å². The molecule has 0 saturated heterocycles. The van der Waals surface area contributed by atoms with Gasteiger partial charge in [-0.15, -0.1) is 0 Å². The van der Waals surface area contributed by atoms with Crippen LogP contribution in [0.3, 0.4) is 0 Å². The molecule has 3 aromatic carbocycles. The van der Waals surface area contributed by atoms with Gasteiger partial charge >= 0.3 is 0 Å². The molecule has 116 valence electrons. The molecule has 0 saturated carbocycles. The van der Waals surface area contributed by atoms with E-state index in [4.69, 9.17) is 0 Å². The van der Waals surface area contributed by atoms with E-state index in [1.54, 1.807) is 0 Å². The van der Waals surface area contributed by atoms with Crippen LogP contribution < -0.4 is 0 Å². The summed E-state index contributed by atoms with van der Waals surface area (Å²) in [6, 6.07) is 16.1. The Morgan fingerprint density at radius 1 is 0.652 bits per heavy atom. The number of aryl methyl sites for hydroxylation is 1. The zero-order valence-corrected chi connectivity index (χ0v) is 14.7. The fourth-order valence-corrected chi connectivity index (χ4v) is 4.15. The summed E-state index contributed by atoms with van der Waals surface area (Å²) in [6.07, 6.45) is 0. The van der Waals surface area contributed by atoms with Gasteiger partial charge in [0, 0.05) is 0 Å². The van der Waals surface area contributed by atoms with Gasteiger partial charge in [0.2, 0.25) is 0 Å². The number of hydrogen-bond donors (Lipinski definition) is 0. The second kappa shape index (κ2) is 4.96. The summed E-state index contributed by atoms with van der Waals surface area (Å²) in [5.74, 6) is 1.08. The lowest BCUT2D eigenvalue weighted by Crippen LogP contribution is -1.98. The van der Waals surface area contributed by atoms with Crippen molar-refractivity contribution in [3.05, 3.63) is 59.2 Å². The fraction of sp³-hybridized carbons (Fsp3) is 0.304. The van der Waals surface area contributed by atoms with E-state index < -0.39 is 0 Å². The largest absolute Gasteiger partial charge is 0.0610 e. The summed E-state index contributed by atoms with van der Waals surface area (Å²) in [6.45, 7) is 11.4. The molecule has 0 atom stereocenters. The predicted octanol–water partition coefficient (Wildman–Crippen LogP) is 7.04. The molecule has 1 aliphatic rings.